The molecule has 0 aliphatic rings. The maximum atomic E-state index is 9.72. The molecule has 20 heavy (non-hydrogen) atoms. The number of hydrogen-bond donors (Lipinski definition) is 1. The van der Waals surface area contributed by atoms with Gasteiger partial charge in [-0.1, -0.05) is 41.0 Å². The summed E-state index contributed by atoms with van der Waals surface area (Å²) < 4.78 is 11.7. The van der Waals surface area contributed by atoms with Crippen LogP contribution >= 0.6 is 15.9 Å². The highest BCUT2D eigenvalue weighted by atomic mass is 79.9. The third kappa shape index (κ3) is 3.58. The van der Waals surface area contributed by atoms with Crippen molar-refractivity contribution in [3.05, 3.63) is 40.0 Å². The zero-order valence-electron chi connectivity index (χ0n) is 11.6. The van der Waals surface area contributed by atoms with Gasteiger partial charge < -0.3 is 14.4 Å². The molecule has 1 aromatic carbocycles. The van der Waals surface area contributed by atoms with Crippen molar-refractivity contribution < 1.29 is 14.4 Å². The van der Waals surface area contributed by atoms with Gasteiger partial charge in [0.1, 0.15) is 5.75 Å². The minimum Gasteiger partial charge on any atom is -0.483 e. The smallest absolute Gasteiger partial charge is 0.264 e. The van der Waals surface area contributed by atoms with E-state index in [1.165, 1.54) is 0 Å². The maximum absolute atomic E-state index is 9.72. The lowest BCUT2D eigenvalue weighted by Crippen LogP contribution is -2.01. The van der Waals surface area contributed by atoms with E-state index in [0.717, 1.165) is 10.0 Å². The SMILES string of the molecule is CC(C)c1noc(COc2cc(Br)ccc2[C@H](C)O)n1. The number of halogens is 1. The zero-order valence-corrected chi connectivity index (χ0v) is 13.2. The summed E-state index contributed by atoms with van der Waals surface area (Å²) in [6.07, 6.45) is -0.605. The van der Waals surface area contributed by atoms with Crippen LogP contribution in [0, 0.1) is 0 Å². The molecule has 108 valence electrons. The number of hydrogen-bond acceptors (Lipinski definition) is 5. The van der Waals surface area contributed by atoms with Crippen LogP contribution in [0.15, 0.2) is 27.2 Å². The third-order valence-electron chi connectivity index (χ3n) is 2.78. The fourth-order valence-electron chi connectivity index (χ4n) is 1.68. The molecule has 0 unspecified atom stereocenters. The van der Waals surface area contributed by atoms with Crippen LogP contribution in [0.2, 0.25) is 0 Å². The monoisotopic (exact) mass is 340 g/mol. The molecule has 0 saturated heterocycles. The van der Waals surface area contributed by atoms with Gasteiger partial charge in [-0.3, -0.25) is 0 Å². The predicted octanol–water partition coefficient (Wildman–Crippen LogP) is 3.59. The summed E-state index contributed by atoms with van der Waals surface area (Å²) >= 11 is 3.38. The van der Waals surface area contributed by atoms with Crippen molar-refractivity contribution in [1.82, 2.24) is 10.1 Å². The van der Waals surface area contributed by atoms with Crippen LogP contribution in [-0.2, 0) is 6.61 Å². The number of rotatable bonds is 5. The molecular formula is C14H17BrN2O3. The van der Waals surface area contributed by atoms with Crippen molar-refractivity contribution in [3.8, 4) is 5.75 Å². The maximum Gasteiger partial charge on any atom is 0.264 e. The second-order valence-electron chi connectivity index (χ2n) is 4.85. The van der Waals surface area contributed by atoms with Gasteiger partial charge in [0.05, 0.1) is 6.10 Å². The fraction of sp³-hybridized carbons (Fsp3) is 0.429. The van der Waals surface area contributed by atoms with Gasteiger partial charge in [-0.2, -0.15) is 4.98 Å². The molecule has 0 bridgehead atoms. The van der Waals surface area contributed by atoms with E-state index in [0.29, 0.717) is 17.5 Å². The molecule has 0 saturated carbocycles. The van der Waals surface area contributed by atoms with E-state index in [-0.39, 0.29) is 12.5 Å². The molecular weight excluding hydrogens is 324 g/mol. The van der Waals surface area contributed by atoms with Gasteiger partial charge in [-0.25, -0.2) is 0 Å². The molecule has 0 fully saturated rings. The highest BCUT2D eigenvalue weighted by Crippen LogP contribution is 2.29. The summed E-state index contributed by atoms with van der Waals surface area (Å²) in [7, 11) is 0. The van der Waals surface area contributed by atoms with Gasteiger partial charge in [0.2, 0.25) is 0 Å². The van der Waals surface area contributed by atoms with Crippen molar-refractivity contribution >= 4 is 15.9 Å². The first kappa shape index (κ1) is 15.0. The normalized spacial score (nSPS) is 12.7. The summed E-state index contributed by atoms with van der Waals surface area (Å²) in [5.41, 5.74) is 0.719. The highest BCUT2D eigenvalue weighted by Gasteiger charge is 2.13. The molecule has 2 rings (SSSR count). The second-order valence-corrected chi connectivity index (χ2v) is 5.76. The number of aliphatic hydroxyl groups is 1. The van der Waals surface area contributed by atoms with Gasteiger partial charge >= 0.3 is 0 Å². The Balaban J connectivity index is 2.11. The van der Waals surface area contributed by atoms with E-state index >= 15 is 0 Å². The molecule has 1 atom stereocenters. The van der Waals surface area contributed by atoms with Crippen LogP contribution in [0.3, 0.4) is 0 Å². The Morgan fingerprint density at radius 2 is 2.10 bits per heavy atom. The molecule has 0 aliphatic heterocycles. The van der Waals surface area contributed by atoms with E-state index < -0.39 is 6.10 Å². The summed E-state index contributed by atoms with van der Waals surface area (Å²) in [6.45, 7) is 5.86. The van der Waals surface area contributed by atoms with E-state index in [1.54, 1.807) is 6.92 Å². The number of aliphatic hydroxyl groups excluding tert-OH is 1. The van der Waals surface area contributed by atoms with E-state index in [2.05, 4.69) is 26.1 Å². The Morgan fingerprint density at radius 1 is 1.35 bits per heavy atom. The first-order valence-electron chi connectivity index (χ1n) is 6.40. The van der Waals surface area contributed by atoms with Gasteiger partial charge in [0, 0.05) is 16.0 Å². The zero-order chi connectivity index (χ0) is 14.7. The number of ether oxygens (including phenoxy) is 1. The highest BCUT2D eigenvalue weighted by molar-refractivity contribution is 9.10. The largest absolute Gasteiger partial charge is 0.483 e. The van der Waals surface area contributed by atoms with Gasteiger partial charge in [-0.05, 0) is 19.1 Å². The van der Waals surface area contributed by atoms with Crippen LogP contribution < -0.4 is 4.74 Å². The summed E-state index contributed by atoms with van der Waals surface area (Å²) in [5, 5.41) is 13.6. The average Bonchev–Trinajstić information content (AvgIpc) is 2.85. The van der Waals surface area contributed by atoms with Gasteiger partial charge in [-0.15, -0.1) is 0 Å². The average molecular weight is 341 g/mol. The molecule has 0 amide bonds. The Labute approximate surface area is 126 Å². The molecule has 1 aromatic heterocycles. The van der Waals surface area contributed by atoms with Gasteiger partial charge in [0.15, 0.2) is 12.4 Å². The van der Waals surface area contributed by atoms with Crippen LogP contribution in [0.1, 0.15) is 50.1 Å². The number of aromatic nitrogens is 2. The molecule has 0 aliphatic carbocycles. The first-order valence-corrected chi connectivity index (χ1v) is 7.19. The Hall–Kier alpha value is -1.40. The van der Waals surface area contributed by atoms with Crippen LogP contribution in [0.5, 0.6) is 5.75 Å². The quantitative estimate of drug-likeness (QED) is 0.900. The van der Waals surface area contributed by atoms with Crippen molar-refractivity contribution in [3.63, 3.8) is 0 Å². The summed E-state index contributed by atoms with van der Waals surface area (Å²) in [4.78, 5) is 4.24. The third-order valence-corrected chi connectivity index (χ3v) is 3.27. The summed E-state index contributed by atoms with van der Waals surface area (Å²) in [5.74, 6) is 1.89. The Morgan fingerprint density at radius 3 is 2.70 bits per heavy atom. The molecule has 1 N–H and O–H groups in total. The predicted molar refractivity (Wildman–Crippen MR) is 77.5 cm³/mol. The number of nitrogens with zero attached hydrogens (tertiary/aromatic N) is 2. The molecule has 1 heterocycles. The lowest BCUT2D eigenvalue weighted by molar-refractivity contribution is 0.185. The van der Waals surface area contributed by atoms with Gasteiger partial charge in [0.25, 0.3) is 5.89 Å². The van der Waals surface area contributed by atoms with Crippen molar-refractivity contribution in [2.75, 3.05) is 0 Å². The molecule has 0 spiro atoms. The number of benzene rings is 1. The minimum atomic E-state index is -0.605. The summed E-state index contributed by atoms with van der Waals surface area (Å²) in [6, 6.07) is 5.48. The first-order chi connectivity index (χ1) is 9.47. The van der Waals surface area contributed by atoms with Crippen molar-refractivity contribution in [2.45, 2.75) is 39.4 Å². The molecule has 0 radical (unpaired) electrons. The van der Waals surface area contributed by atoms with Crippen molar-refractivity contribution in [1.29, 1.82) is 0 Å². The van der Waals surface area contributed by atoms with Crippen LogP contribution in [-0.4, -0.2) is 15.2 Å². The Bertz CT molecular complexity index is 582. The minimum absolute atomic E-state index is 0.176. The van der Waals surface area contributed by atoms with Crippen molar-refractivity contribution in [2.24, 2.45) is 0 Å². The van der Waals surface area contributed by atoms with Crippen LogP contribution in [0.4, 0.5) is 0 Å². The van der Waals surface area contributed by atoms with E-state index in [1.807, 2.05) is 32.0 Å². The molecule has 2 aromatic rings. The fourth-order valence-corrected chi connectivity index (χ4v) is 2.02. The topological polar surface area (TPSA) is 68.4 Å². The van der Waals surface area contributed by atoms with E-state index in [9.17, 15) is 5.11 Å². The van der Waals surface area contributed by atoms with Crippen LogP contribution in [0.25, 0.3) is 0 Å². The lowest BCUT2D eigenvalue weighted by atomic mass is 10.1. The second kappa shape index (κ2) is 6.37. The Kier molecular flexibility index (Phi) is 4.77. The standard InChI is InChI=1S/C14H17BrN2O3/c1-8(2)14-16-13(20-17-14)7-19-12-6-10(15)4-5-11(12)9(3)18/h4-6,8-9,18H,7H2,1-3H3/t9-/m0/s1. The lowest BCUT2D eigenvalue weighted by Gasteiger charge is -2.12. The van der Waals surface area contributed by atoms with E-state index in [4.69, 9.17) is 9.26 Å². The molecule has 5 nitrogen and oxygen atoms in total. The molecule has 6 heteroatoms.